The monoisotopic (exact) mass is 460 g/mol. The second-order valence-electron chi connectivity index (χ2n) is 6.43. The van der Waals surface area contributed by atoms with Crippen molar-refractivity contribution in [1.29, 1.82) is 0 Å². The number of esters is 1. The molecule has 3 rings (SSSR count). The fraction of sp³-hybridized carbons (Fsp3) is 0.353. The summed E-state index contributed by atoms with van der Waals surface area (Å²) < 4.78 is 35.9. The van der Waals surface area contributed by atoms with Crippen LogP contribution in [-0.4, -0.2) is 38.3 Å². The van der Waals surface area contributed by atoms with Crippen molar-refractivity contribution < 1.29 is 23.1 Å². The van der Waals surface area contributed by atoms with Crippen molar-refractivity contribution in [2.45, 2.75) is 18.7 Å². The topological polar surface area (TPSA) is 96.8 Å². The molecule has 0 spiro atoms. The minimum Gasteiger partial charge on any atom is -0.464 e. The van der Waals surface area contributed by atoms with Gasteiger partial charge in [-0.1, -0.05) is 16.8 Å². The number of halogens is 3. The van der Waals surface area contributed by atoms with Crippen LogP contribution in [0.15, 0.2) is 26.9 Å². The van der Waals surface area contributed by atoms with Gasteiger partial charge in [-0.05, 0) is 24.4 Å². The Bertz CT molecular complexity index is 1230. The van der Waals surface area contributed by atoms with Crippen molar-refractivity contribution in [1.82, 2.24) is 13.7 Å². The summed E-state index contributed by atoms with van der Waals surface area (Å²) in [6.07, 6.45) is -0.537. The van der Waals surface area contributed by atoms with E-state index in [2.05, 4.69) is 14.7 Å². The third-order valence-electron chi connectivity index (χ3n) is 4.59. The molecule has 0 saturated heterocycles. The molecule has 1 aromatic carbocycles. The lowest BCUT2D eigenvalue weighted by atomic mass is 10.0. The van der Waals surface area contributed by atoms with Crippen LogP contribution >= 0.6 is 23.8 Å². The molecule has 1 aliphatic rings. The number of ether oxygens (including phenoxy) is 1. The highest BCUT2D eigenvalue weighted by molar-refractivity contribution is 7.71. The molecule has 30 heavy (non-hydrogen) atoms. The smallest absolute Gasteiger partial charge is 0.386 e. The Morgan fingerprint density at radius 1 is 1.30 bits per heavy atom. The van der Waals surface area contributed by atoms with Gasteiger partial charge in [-0.15, -0.1) is 0 Å². The van der Waals surface area contributed by atoms with Crippen LogP contribution in [0.2, 0.25) is 5.02 Å². The number of oxime groups is 1. The molecule has 0 amide bonds. The average Bonchev–Trinajstić information content (AvgIpc) is 2.72. The van der Waals surface area contributed by atoms with E-state index in [1.54, 1.807) is 0 Å². The minimum atomic E-state index is -2.76. The number of hydrogen-bond acceptors (Lipinski definition) is 7. The third kappa shape index (κ3) is 3.45. The van der Waals surface area contributed by atoms with Gasteiger partial charge < -0.3 is 9.57 Å². The van der Waals surface area contributed by atoms with Crippen LogP contribution in [0.25, 0.3) is 5.69 Å². The molecule has 1 unspecified atom stereocenters. The van der Waals surface area contributed by atoms with E-state index in [-0.39, 0.29) is 27.5 Å². The van der Waals surface area contributed by atoms with Crippen molar-refractivity contribution in [2.24, 2.45) is 19.3 Å². The van der Waals surface area contributed by atoms with Crippen molar-refractivity contribution >= 4 is 35.5 Å². The first-order valence-corrected chi connectivity index (χ1v) is 9.21. The van der Waals surface area contributed by atoms with Gasteiger partial charge in [0.15, 0.2) is 4.77 Å². The predicted octanol–water partition coefficient (Wildman–Crippen LogP) is 1.75. The van der Waals surface area contributed by atoms with Gasteiger partial charge in [0.25, 0.3) is 0 Å². The molecule has 1 atom stereocenters. The summed E-state index contributed by atoms with van der Waals surface area (Å²) in [7, 11) is 3.67. The zero-order chi connectivity index (χ0) is 22.4. The van der Waals surface area contributed by atoms with Gasteiger partial charge in [-0.25, -0.2) is 23.3 Å². The van der Waals surface area contributed by atoms with E-state index < -0.39 is 41.1 Å². The number of hydrogen-bond donors (Lipinski definition) is 0. The van der Waals surface area contributed by atoms with E-state index in [1.165, 1.54) is 14.1 Å². The van der Waals surface area contributed by atoms with Gasteiger partial charge in [-0.3, -0.25) is 9.13 Å². The van der Waals surface area contributed by atoms with E-state index in [9.17, 15) is 23.2 Å². The summed E-state index contributed by atoms with van der Waals surface area (Å²) in [6, 6.07) is 2.01. The number of alkyl halides is 1. The largest absolute Gasteiger partial charge is 0.464 e. The standard InChI is InChI=1S/C17H15ClF2N4O5S/c1-22-14(26)24(15(27)23(2)16(22)30)12-6-8(9(18)7-10(12)19)11-4-5-17(20,29-21-11)13(25)28-3/h6-7H,4-5H2,1-3H3. The van der Waals surface area contributed by atoms with Gasteiger partial charge in [0.1, 0.15) is 5.82 Å². The summed E-state index contributed by atoms with van der Waals surface area (Å²) in [5, 5.41) is 3.47. The van der Waals surface area contributed by atoms with Crippen LogP contribution < -0.4 is 11.4 Å². The van der Waals surface area contributed by atoms with Crippen LogP contribution in [0.4, 0.5) is 8.78 Å². The van der Waals surface area contributed by atoms with E-state index in [1.807, 2.05) is 0 Å². The van der Waals surface area contributed by atoms with Gasteiger partial charge in [0, 0.05) is 32.5 Å². The second kappa shape index (κ2) is 7.76. The summed E-state index contributed by atoms with van der Waals surface area (Å²) in [4.78, 5) is 41.3. The van der Waals surface area contributed by atoms with Gasteiger partial charge in [0.2, 0.25) is 0 Å². The lowest BCUT2D eigenvalue weighted by Gasteiger charge is -2.25. The van der Waals surface area contributed by atoms with Crippen molar-refractivity contribution in [2.75, 3.05) is 7.11 Å². The van der Waals surface area contributed by atoms with Crippen LogP contribution in [0, 0.1) is 10.6 Å². The van der Waals surface area contributed by atoms with Crippen LogP contribution in [-0.2, 0) is 28.5 Å². The van der Waals surface area contributed by atoms with E-state index in [0.717, 1.165) is 28.4 Å². The number of benzene rings is 1. The number of nitrogens with zero attached hydrogens (tertiary/aromatic N) is 4. The first-order chi connectivity index (χ1) is 14.0. The second-order valence-corrected chi connectivity index (χ2v) is 7.21. The summed E-state index contributed by atoms with van der Waals surface area (Å²) >= 11 is 11.1. The molecule has 13 heteroatoms. The van der Waals surface area contributed by atoms with Crippen LogP contribution in [0.3, 0.4) is 0 Å². The first kappa shape index (κ1) is 21.8. The maximum absolute atomic E-state index is 14.7. The Balaban J connectivity index is 2.17. The molecule has 1 aliphatic heterocycles. The highest BCUT2D eigenvalue weighted by Gasteiger charge is 2.45. The van der Waals surface area contributed by atoms with Crippen LogP contribution in [0.5, 0.6) is 0 Å². The maximum Gasteiger partial charge on any atom is 0.386 e. The van der Waals surface area contributed by atoms with Gasteiger partial charge in [-0.2, -0.15) is 4.39 Å². The van der Waals surface area contributed by atoms with E-state index in [4.69, 9.17) is 23.8 Å². The van der Waals surface area contributed by atoms with Gasteiger partial charge in [0.05, 0.1) is 23.5 Å². The quantitative estimate of drug-likeness (QED) is 0.511. The Morgan fingerprint density at radius 3 is 2.40 bits per heavy atom. The average molecular weight is 461 g/mol. The molecular weight excluding hydrogens is 446 g/mol. The normalized spacial score (nSPS) is 18.5. The van der Waals surface area contributed by atoms with Crippen LogP contribution in [0.1, 0.15) is 18.4 Å². The molecule has 0 aliphatic carbocycles. The van der Waals surface area contributed by atoms with Crippen molar-refractivity contribution in [3.63, 3.8) is 0 Å². The highest BCUT2D eigenvalue weighted by atomic mass is 35.5. The summed E-state index contributed by atoms with van der Waals surface area (Å²) in [5.74, 6) is -4.96. The van der Waals surface area contributed by atoms with Gasteiger partial charge >= 0.3 is 23.2 Å². The zero-order valence-electron chi connectivity index (χ0n) is 15.9. The molecule has 160 valence electrons. The molecule has 2 aromatic rings. The fourth-order valence-corrected chi connectivity index (χ4v) is 3.30. The highest BCUT2D eigenvalue weighted by Crippen LogP contribution is 2.31. The summed E-state index contributed by atoms with van der Waals surface area (Å²) in [5.41, 5.74) is -1.96. The number of aromatic nitrogens is 3. The molecule has 0 fully saturated rings. The number of methoxy groups -OCH3 is 1. The zero-order valence-corrected chi connectivity index (χ0v) is 17.5. The summed E-state index contributed by atoms with van der Waals surface area (Å²) in [6.45, 7) is 0. The lowest BCUT2D eigenvalue weighted by Crippen LogP contribution is -2.44. The molecule has 1 aromatic heterocycles. The first-order valence-electron chi connectivity index (χ1n) is 8.43. The fourth-order valence-electron chi connectivity index (χ4n) is 2.88. The van der Waals surface area contributed by atoms with Crippen molar-refractivity contribution in [3.8, 4) is 5.69 Å². The van der Waals surface area contributed by atoms with E-state index >= 15 is 0 Å². The molecule has 0 bridgehead atoms. The SMILES string of the molecule is COC(=O)C1(F)CCC(c2cc(-n3c(=O)n(C)c(=S)n(C)c3=O)c(F)cc2Cl)=NO1. The van der Waals surface area contributed by atoms with E-state index in [0.29, 0.717) is 4.57 Å². The Hall–Kier alpha value is -2.86. The number of carbonyl (C=O) groups is 1. The Labute approximate surface area is 177 Å². The molecule has 0 radical (unpaired) electrons. The number of rotatable bonds is 3. The number of carbonyl (C=O) groups excluding carboxylic acids is 1. The Morgan fingerprint density at radius 2 is 1.90 bits per heavy atom. The molecule has 2 heterocycles. The maximum atomic E-state index is 14.7. The van der Waals surface area contributed by atoms with Crippen molar-refractivity contribution in [3.05, 3.63) is 54.3 Å². The molecule has 0 saturated carbocycles. The molecule has 0 N–H and O–H groups in total. The molecule has 9 nitrogen and oxygen atoms in total. The minimum absolute atomic E-state index is 0.0528. The molecular formula is C17H15ClF2N4O5S. The Kier molecular flexibility index (Phi) is 5.65. The predicted molar refractivity (Wildman–Crippen MR) is 105 cm³/mol. The third-order valence-corrected chi connectivity index (χ3v) is 5.45. The lowest BCUT2D eigenvalue weighted by molar-refractivity contribution is -0.202.